The summed E-state index contributed by atoms with van der Waals surface area (Å²) in [5.74, 6) is -1.57. The van der Waals surface area contributed by atoms with Gasteiger partial charge in [0.05, 0.1) is 6.54 Å². The molecule has 0 radical (unpaired) electrons. The molecule has 13 heteroatoms. The minimum Gasteiger partial charge on any atom is -0.489 e. The summed E-state index contributed by atoms with van der Waals surface area (Å²) in [7, 11) is 0. The molecule has 0 unspecified atom stereocenters. The van der Waals surface area contributed by atoms with Crippen molar-refractivity contribution in [3.05, 3.63) is 134 Å². The molecule has 0 saturated heterocycles. The minimum atomic E-state index is -1.09. The van der Waals surface area contributed by atoms with Crippen molar-refractivity contribution in [1.82, 2.24) is 16.0 Å². The van der Waals surface area contributed by atoms with Gasteiger partial charge in [0.2, 0.25) is 11.8 Å². The fraction of sp³-hybridized carbons (Fsp3) is 0.222. The summed E-state index contributed by atoms with van der Waals surface area (Å²) in [4.78, 5) is 56.8. The molecule has 0 aliphatic carbocycles. The van der Waals surface area contributed by atoms with Gasteiger partial charge in [-0.05, 0) is 58.5 Å². The number of carbonyl (C=O) groups excluding carboxylic acids is 4. The van der Waals surface area contributed by atoms with Crippen LogP contribution in [0.1, 0.15) is 24.8 Å². The second kappa shape index (κ2) is 21.2. The molecule has 0 saturated carbocycles. The SMILES string of the molecule is C=CCOc1ccc2ccccc2c1-c1c(OCC(=O)NCC(=O)N[C@H](CCCN=C(N)N)C(=O)N[C@@H](CC=C)C(=O)OCc2ccccc2)ccc2ccccc12. The van der Waals surface area contributed by atoms with Crippen LogP contribution in [0.3, 0.4) is 0 Å². The Labute approximate surface area is 337 Å². The molecule has 0 heterocycles. The van der Waals surface area contributed by atoms with E-state index in [0.29, 0.717) is 17.9 Å². The van der Waals surface area contributed by atoms with Gasteiger partial charge in [-0.1, -0.05) is 110 Å². The van der Waals surface area contributed by atoms with Gasteiger partial charge >= 0.3 is 5.97 Å². The number of carbonyl (C=O) groups is 4. The predicted molar refractivity (Wildman–Crippen MR) is 226 cm³/mol. The van der Waals surface area contributed by atoms with Crippen molar-refractivity contribution in [3.63, 3.8) is 0 Å². The van der Waals surface area contributed by atoms with E-state index < -0.39 is 48.9 Å². The number of hydrogen-bond acceptors (Lipinski definition) is 8. The average Bonchev–Trinajstić information content (AvgIpc) is 3.24. The first-order chi connectivity index (χ1) is 28.2. The number of aliphatic imine (C=N–C) groups is 1. The van der Waals surface area contributed by atoms with Gasteiger partial charge in [0.25, 0.3) is 5.91 Å². The van der Waals surface area contributed by atoms with E-state index in [1.807, 2.05) is 97.1 Å². The zero-order valence-corrected chi connectivity index (χ0v) is 32.2. The van der Waals surface area contributed by atoms with Gasteiger partial charge in [-0.25, -0.2) is 4.79 Å². The van der Waals surface area contributed by atoms with Crippen molar-refractivity contribution >= 4 is 51.2 Å². The number of fused-ring (bicyclic) bond motifs is 2. The van der Waals surface area contributed by atoms with Gasteiger partial charge in [0.1, 0.15) is 36.8 Å². The lowest BCUT2D eigenvalue weighted by atomic mass is 9.92. The molecule has 0 aliphatic heterocycles. The Balaban J connectivity index is 1.26. The lowest BCUT2D eigenvalue weighted by molar-refractivity contribution is -0.149. The van der Waals surface area contributed by atoms with Crippen LogP contribution < -0.4 is 36.9 Å². The van der Waals surface area contributed by atoms with Crippen LogP contribution in [-0.2, 0) is 30.5 Å². The highest BCUT2D eigenvalue weighted by Crippen LogP contribution is 2.45. The van der Waals surface area contributed by atoms with Crippen molar-refractivity contribution in [3.8, 4) is 22.6 Å². The summed E-state index contributed by atoms with van der Waals surface area (Å²) < 4.78 is 17.7. The molecule has 0 aliphatic rings. The molecular formula is C45H48N6O7. The number of benzene rings is 5. The van der Waals surface area contributed by atoms with Crippen LogP contribution in [0.4, 0.5) is 0 Å². The van der Waals surface area contributed by atoms with Crippen LogP contribution in [0.5, 0.6) is 11.5 Å². The van der Waals surface area contributed by atoms with Crippen LogP contribution in [0.15, 0.2) is 133 Å². The van der Waals surface area contributed by atoms with Crippen LogP contribution in [0.25, 0.3) is 32.7 Å². The van der Waals surface area contributed by atoms with E-state index >= 15 is 0 Å². The third kappa shape index (κ3) is 11.7. The molecule has 7 N–H and O–H groups in total. The largest absolute Gasteiger partial charge is 0.489 e. The van der Waals surface area contributed by atoms with Crippen molar-refractivity contribution in [2.24, 2.45) is 16.5 Å². The quantitative estimate of drug-likeness (QED) is 0.0222. The van der Waals surface area contributed by atoms with Crippen molar-refractivity contribution < 1.29 is 33.4 Å². The number of rotatable bonds is 21. The Morgan fingerprint density at radius 3 is 1.95 bits per heavy atom. The van der Waals surface area contributed by atoms with Crippen LogP contribution >= 0.6 is 0 Å². The number of guanidine groups is 1. The van der Waals surface area contributed by atoms with Crippen molar-refractivity contribution in [2.75, 3.05) is 26.3 Å². The van der Waals surface area contributed by atoms with Crippen LogP contribution in [0.2, 0.25) is 0 Å². The maximum atomic E-state index is 13.5. The Kier molecular flexibility index (Phi) is 15.4. The molecule has 5 aromatic rings. The van der Waals surface area contributed by atoms with Gasteiger partial charge in [0.15, 0.2) is 12.6 Å². The van der Waals surface area contributed by atoms with Gasteiger partial charge in [-0.3, -0.25) is 19.4 Å². The predicted octanol–water partition coefficient (Wildman–Crippen LogP) is 5.06. The lowest BCUT2D eigenvalue weighted by Crippen LogP contribution is -2.53. The zero-order valence-electron chi connectivity index (χ0n) is 32.2. The first kappa shape index (κ1) is 42.0. The number of hydrogen-bond donors (Lipinski definition) is 5. The summed E-state index contributed by atoms with van der Waals surface area (Å²) in [5.41, 5.74) is 13.2. The van der Waals surface area contributed by atoms with E-state index in [1.54, 1.807) is 12.1 Å². The number of nitrogens with two attached hydrogens (primary N) is 2. The molecule has 58 heavy (non-hydrogen) atoms. The molecular weight excluding hydrogens is 737 g/mol. The van der Waals surface area contributed by atoms with E-state index in [9.17, 15) is 19.2 Å². The Morgan fingerprint density at radius 2 is 1.33 bits per heavy atom. The summed E-state index contributed by atoms with van der Waals surface area (Å²) in [6.45, 7) is 7.11. The van der Waals surface area contributed by atoms with E-state index in [4.69, 9.17) is 25.7 Å². The molecule has 0 fully saturated rings. The van der Waals surface area contributed by atoms with E-state index in [0.717, 1.165) is 38.2 Å². The topological polar surface area (TPSA) is 196 Å². The third-order valence-corrected chi connectivity index (χ3v) is 9.02. The first-order valence-electron chi connectivity index (χ1n) is 18.8. The molecule has 13 nitrogen and oxygen atoms in total. The summed E-state index contributed by atoms with van der Waals surface area (Å²) in [6.07, 6.45) is 3.70. The number of ether oxygens (including phenoxy) is 3. The highest BCUT2D eigenvalue weighted by atomic mass is 16.5. The minimum absolute atomic E-state index is 0.0157. The van der Waals surface area contributed by atoms with Gasteiger partial charge in [-0.2, -0.15) is 0 Å². The maximum absolute atomic E-state index is 13.5. The molecule has 0 bridgehead atoms. The van der Waals surface area contributed by atoms with Crippen molar-refractivity contribution in [2.45, 2.75) is 38.0 Å². The second-order valence-corrected chi connectivity index (χ2v) is 13.2. The van der Waals surface area contributed by atoms with Gasteiger partial charge in [-0.15, -0.1) is 6.58 Å². The zero-order chi connectivity index (χ0) is 41.3. The fourth-order valence-electron chi connectivity index (χ4n) is 6.28. The molecule has 5 rings (SSSR count). The highest BCUT2D eigenvalue weighted by Gasteiger charge is 2.27. The number of nitrogens with zero attached hydrogens (tertiary/aromatic N) is 1. The van der Waals surface area contributed by atoms with Gasteiger partial charge < -0.3 is 41.6 Å². The highest BCUT2D eigenvalue weighted by molar-refractivity contribution is 6.10. The maximum Gasteiger partial charge on any atom is 0.329 e. The lowest BCUT2D eigenvalue weighted by Gasteiger charge is -2.22. The monoisotopic (exact) mass is 784 g/mol. The molecule has 0 spiro atoms. The fourth-order valence-corrected chi connectivity index (χ4v) is 6.28. The molecule has 2 atom stereocenters. The Hall–Kier alpha value is -7.15. The average molecular weight is 785 g/mol. The van der Waals surface area contributed by atoms with Crippen LogP contribution in [0, 0.1) is 0 Å². The Morgan fingerprint density at radius 1 is 0.707 bits per heavy atom. The number of nitrogens with one attached hydrogen (secondary N) is 3. The van der Waals surface area contributed by atoms with Crippen molar-refractivity contribution in [1.29, 1.82) is 0 Å². The standard InChI is InChI=1S/C45H48N6O7/c1-3-13-36(44(55)58-28-30-14-6-5-7-15-30)51-43(54)35(20-12-25-48-45(46)47)50-39(52)27-49-40(53)29-57-38-24-22-32-17-9-11-19-34(32)42(38)41-33-18-10-8-16-31(33)21-23-37(41)56-26-4-2/h3-11,14-19,21-24,35-36H,1-2,12-13,20,25-29H2,(H,49,53)(H,50,52)(H,51,54)(H4,46,47,48)/t35-,36+/m1/s1. The van der Waals surface area contributed by atoms with Gasteiger partial charge in [0, 0.05) is 17.7 Å². The molecule has 5 aromatic carbocycles. The summed E-state index contributed by atoms with van der Waals surface area (Å²) in [5, 5.41) is 11.7. The third-order valence-electron chi connectivity index (χ3n) is 9.02. The smallest absolute Gasteiger partial charge is 0.329 e. The normalized spacial score (nSPS) is 11.7. The number of esters is 1. The van der Waals surface area contributed by atoms with Crippen LogP contribution in [-0.4, -0.2) is 68.0 Å². The Bertz CT molecular complexity index is 2270. The summed E-state index contributed by atoms with van der Waals surface area (Å²) in [6, 6.07) is 30.4. The molecule has 300 valence electrons. The number of amides is 3. The van der Waals surface area contributed by atoms with E-state index in [2.05, 4.69) is 34.1 Å². The molecule has 0 aromatic heterocycles. The van der Waals surface area contributed by atoms with E-state index in [-0.39, 0.29) is 38.6 Å². The summed E-state index contributed by atoms with van der Waals surface area (Å²) >= 11 is 0. The molecule has 3 amide bonds. The first-order valence-corrected chi connectivity index (χ1v) is 18.8. The second-order valence-electron chi connectivity index (χ2n) is 13.2. The van der Waals surface area contributed by atoms with E-state index in [1.165, 1.54) is 6.08 Å².